The number of ketones is 1. The van der Waals surface area contributed by atoms with E-state index in [-0.39, 0.29) is 40.6 Å². The second kappa shape index (κ2) is 6.12. The molecule has 0 rings (SSSR count). The van der Waals surface area contributed by atoms with Gasteiger partial charge in [-0.05, 0) is 20.8 Å². The van der Waals surface area contributed by atoms with Gasteiger partial charge >= 0.3 is 49.7 Å². The van der Waals surface area contributed by atoms with Crippen molar-refractivity contribution in [3.63, 3.8) is 0 Å². The first-order valence-electron chi connectivity index (χ1n) is 4.77. The fraction of sp³-hybridized carbons (Fsp3) is 0.727. The van der Waals surface area contributed by atoms with Crippen LogP contribution >= 0.6 is 0 Å². The Morgan fingerprint density at radius 1 is 0.875 bits per heavy atom. The monoisotopic (exact) mass is 256 g/mol. The van der Waals surface area contributed by atoms with Crippen molar-refractivity contribution < 1.29 is 22.0 Å². The molecule has 0 saturated heterocycles. The minimum atomic E-state index is -1.08. The Balaban J connectivity index is -0.000000327. The minimum absolute atomic E-state index is 0. The summed E-state index contributed by atoms with van der Waals surface area (Å²) in [5, 5.41) is 0. The second-order valence-electron chi connectivity index (χ2n) is 5.51. The molecule has 0 aliphatic carbocycles. The van der Waals surface area contributed by atoms with Crippen LogP contribution in [0, 0.1) is 10.8 Å². The zero-order valence-electron chi connectivity index (χ0n) is 12.8. The fourth-order valence-corrected chi connectivity index (χ4v) is 0.590. The maximum absolute atomic E-state index is 11.4. The topological polar surface area (TPSA) is 60.4 Å². The summed E-state index contributed by atoms with van der Waals surface area (Å²) >= 11 is 0. The van der Waals surface area contributed by atoms with Gasteiger partial charge in [-0.1, -0.05) is 20.8 Å². The Kier molecular flexibility index (Phi) is 7.06. The quantitative estimate of drug-likeness (QED) is 0.309. The molecule has 0 aliphatic heterocycles. The zero-order valence-corrected chi connectivity index (χ0v) is 13.0. The van der Waals surface area contributed by atoms with Crippen LogP contribution in [0.2, 0.25) is 0 Å². The van der Waals surface area contributed by atoms with Crippen molar-refractivity contribution in [1.29, 1.82) is 0 Å². The second-order valence-corrected chi connectivity index (χ2v) is 5.51. The number of esters is 2. The molecule has 0 aromatic carbocycles. The zero-order chi connectivity index (χ0) is 12.4. The molecule has 5 heteroatoms. The van der Waals surface area contributed by atoms with Crippen LogP contribution in [0.25, 0.3) is 0 Å². The molecule has 0 radical (unpaired) electrons. The molecule has 90 valence electrons. The third kappa shape index (κ3) is 5.97. The third-order valence-electron chi connectivity index (χ3n) is 1.66. The molecule has 0 aliphatic rings. The molecule has 0 spiro atoms. The smallest absolute Gasteiger partial charge is 1.00 e. The van der Waals surface area contributed by atoms with Crippen LogP contribution in [-0.2, 0) is 19.1 Å². The molecule has 16 heavy (non-hydrogen) atoms. The summed E-state index contributed by atoms with van der Waals surface area (Å²) in [6.07, 6.45) is 0. The largest absolute Gasteiger partial charge is 2.00 e. The van der Waals surface area contributed by atoms with E-state index in [0.29, 0.717) is 0 Å². The molecule has 0 saturated carbocycles. The average molecular weight is 256 g/mol. The van der Waals surface area contributed by atoms with Crippen LogP contribution in [0.15, 0.2) is 0 Å². The molecule has 0 atom stereocenters. The summed E-state index contributed by atoms with van der Waals surface area (Å²) < 4.78 is 4.48. The molecule has 0 amide bonds. The standard InChI is InChI=1S/C11H18O4.Ca.2H/c1-10(2,3)7(12)8(13)15-9(14)11(4,5)6;;;/h1-6H3;;;/q;+2;2*-1. The van der Waals surface area contributed by atoms with E-state index < -0.39 is 28.6 Å². The number of carbonyl (C=O) groups is 3. The van der Waals surface area contributed by atoms with Crippen molar-refractivity contribution in [3.8, 4) is 0 Å². The number of carbonyl (C=O) groups excluding carboxylic acids is 3. The van der Waals surface area contributed by atoms with E-state index in [0.717, 1.165) is 0 Å². The summed E-state index contributed by atoms with van der Waals surface area (Å²) in [4.78, 5) is 34.0. The van der Waals surface area contributed by atoms with Gasteiger partial charge in [0.15, 0.2) is 0 Å². The predicted octanol–water partition coefficient (Wildman–Crippen LogP) is 1.56. The van der Waals surface area contributed by atoms with E-state index in [1.807, 2.05) is 0 Å². The maximum atomic E-state index is 11.4. The molecular formula is C11H20CaO4. The van der Waals surface area contributed by atoms with Gasteiger partial charge in [-0.25, -0.2) is 4.79 Å². The van der Waals surface area contributed by atoms with E-state index >= 15 is 0 Å². The van der Waals surface area contributed by atoms with E-state index in [4.69, 9.17) is 0 Å². The molecule has 0 aromatic rings. The van der Waals surface area contributed by atoms with Gasteiger partial charge in [0.25, 0.3) is 0 Å². The SMILES string of the molecule is CC(C)(C)C(=O)OC(=O)C(=O)C(C)(C)C.[Ca+2].[H-].[H-]. The normalized spacial score (nSPS) is 11.4. The fourth-order valence-electron chi connectivity index (χ4n) is 0.590. The van der Waals surface area contributed by atoms with Crippen LogP contribution < -0.4 is 0 Å². The molecule has 0 unspecified atom stereocenters. The van der Waals surface area contributed by atoms with Gasteiger partial charge in [0.2, 0.25) is 5.78 Å². The number of ether oxygens (including phenoxy) is 1. The molecule has 0 heterocycles. The van der Waals surface area contributed by atoms with Crippen molar-refractivity contribution in [1.82, 2.24) is 0 Å². The Hall–Kier alpha value is 0.0697. The first kappa shape index (κ1) is 18.4. The van der Waals surface area contributed by atoms with Gasteiger partial charge in [-0.3, -0.25) is 9.59 Å². The number of hydrogen-bond donors (Lipinski definition) is 0. The Labute approximate surface area is 129 Å². The summed E-state index contributed by atoms with van der Waals surface area (Å²) in [6.45, 7) is 9.63. The number of Topliss-reactive ketones (excluding diaryl/α,β-unsaturated/α-hetero) is 1. The Morgan fingerprint density at radius 2 is 1.25 bits per heavy atom. The third-order valence-corrected chi connectivity index (χ3v) is 1.66. The van der Waals surface area contributed by atoms with Gasteiger partial charge in [-0.2, -0.15) is 0 Å². The number of rotatable bonds is 1. The molecule has 4 nitrogen and oxygen atoms in total. The van der Waals surface area contributed by atoms with E-state index in [1.54, 1.807) is 41.5 Å². The van der Waals surface area contributed by atoms with Gasteiger partial charge in [0.1, 0.15) is 0 Å². The summed E-state index contributed by atoms with van der Waals surface area (Å²) in [5.74, 6) is -2.47. The van der Waals surface area contributed by atoms with Crippen LogP contribution in [0.5, 0.6) is 0 Å². The van der Waals surface area contributed by atoms with E-state index in [9.17, 15) is 14.4 Å². The minimum Gasteiger partial charge on any atom is -1.00 e. The van der Waals surface area contributed by atoms with Crippen LogP contribution in [0.4, 0.5) is 0 Å². The van der Waals surface area contributed by atoms with Crippen LogP contribution in [0.1, 0.15) is 44.4 Å². The average Bonchev–Trinajstić information content (AvgIpc) is 1.99. The van der Waals surface area contributed by atoms with Crippen molar-refractivity contribution in [2.24, 2.45) is 10.8 Å². The first-order chi connectivity index (χ1) is 6.46. The molecule has 0 N–H and O–H groups in total. The maximum Gasteiger partial charge on any atom is 2.00 e. The van der Waals surface area contributed by atoms with Gasteiger partial charge < -0.3 is 7.59 Å². The molecule has 0 bridgehead atoms. The predicted molar refractivity (Wildman–Crippen MR) is 63.0 cm³/mol. The Morgan fingerprint density at radius 3 is 1.50 bits per heavy atom. The van der Waals surface area contributed by atoms with Gasteiger partial charge in [-0.15, -0.1) is 0 Å². The number of hydrogen-bond acceptors (Lipinski definition) is 4. The van der Waals surface area contributed by atoms with E-state index in [1.165, 1.54) is 0 Å². The van der Waals surface area contributed by atoms with Crippen molar-refractivity contribution >= 4 is 55.5 Å². The first-order valence-corrected chi connectivity index (χ1v) is 4.77. The van der Waals surface area contributed by atoms with Crippen LogP contribution in [-0.4, -0.2) is 55.5 Å². The summed E-state index contributed by atoms with van der Waals surface area (Å²) in [5.41, 5.74) is -1.61. The van der Waals surface area contributed by atoms with Crippen molar-refractivity contribution in [3.05, 3.63) is 0 Å². The van der Waals surface area contributed by atoms with Gasteiger partial charge in [0.05, 0.1) is 5.41 Å². The summed E-state index contributed by atoms with van der Waals surface area (Å²) in [7, 11) is 0. The van der Waals surface area contributed by atoms with Crippen LogP contribution in [0.3, 0.4) is 0 Å². The summed E-state index contributed by atoms with van der Waals surface area (Å²) in [6, 6.07) is 0. The molecule has 0 aromatic heterocycles. The van der Waals surface area contributed by atoms with Gasteiger partial charge in [0, 0.05) is 5.41 Å². The van der Waals surface area contributed by atoms with Crippen molar-refractivity contribution in [2.75, 3.05) is 0 Å². The Bertz CT molecular complexity index is 303. The molecule has 0 fully saturated rings. The van der Waals surface area contributed by atoms with Crippen molar-refractivity contribution in [2.45, 2.75) is 41.5 Å². The van der Waals surface area contributed by atoms with E-state index in [2.05, 4.69) is 4.74 Å². The molecular weight excluding hydrogens is 236 g/mol.